The van der Waals surface area contributed by atoms with Crippen LogP contribution in [0.4, 0.5) is 0 Å². The summed E-state index contributed by atoms with van der Waals surface area (Å²) in [6.45, 7) is 0.335. The molecule has 1 saturated carbocycles. The predicted octanol–water partition coefficient (Wildman–Crippen LogP) is 3.62. The summed E-state index contributed by atoms with van der Waals surface area (Å²) in [5, 5.41) is 0.565. The Bertz CT molecular complexity index is 532. The Balaban J connectivity index is 2.29. The monoisotopic (exact) mass is 422 g/mol. The summed E-state index contributed by atoms with van der Waals surface area (Å²) in [5.41, 5.74) is 6.28. The van der Waals surface area contributed by atoms with Crippen LogP contribution in [0.25, 0.3) is 0 Å². The molecule has 1 aromatic rings. The minimum Gasteiger partial charge on any atom is -0.392 e. The molecule has 0 bridgehead atoms. The Morgan fingerprint density at radius 1 is 1.45 bits per heavy atom. The van der Waals surface area contributed by atoms with Crippen molar-refractivity contribution in [3.63, 3.8) is 0 Å². The van der Waals surface area contributed by atoms with Gasteiger partial charge in [0.15, 0.2) is 0 Å². The maximum absolute atomic E-state index is 12.8. The summed E-state index contributed by atoms with van der Waals surface area (Å²) >= 11 is 13.1. The first-order valence-electron chi connectivity index (χ1n) is 6.53. The number of hydrogen-bond acceptors (Lipinski definition) is 2. The third-order valence-corrected chi connectivity index (χ3v) is 4.82. The average Bonchev–Trinajstić information content (AvgIpc) is 2.91. The van der Waals surface area contributed by atoms with Gasteiger partial charge in [0, 0.05) is 14.6 Å². The Morgan fingerprint density at radius 3 is 2.70 bits per heavy atom. The van der Waals surface area contributed by atoms with Gasteiger partial charge in [0.1, 0.15) is 0 Å². The van der Waals surface area contributed by atoms with Gasteiger partial charge in [-0.1, -0.05) is 36.7 Å². The van der Waals surface area contributed by atoms with Gasteiger partial charge in [0.05, 0.1) is 17.1 Å². The molecular formula is C14H16ClIN2OS. The van der Waals surface area contributed by atoms with Crippen molar-refractivity contribution in [1.29, 1.82) is 0 Å². The molecule has 0 heterocycles. The molecule has 0 atom stereocenters. The highest BCUT2D eigenvalue weighted by Gasteiger charge is 2.28. The maximum atomic E-state index is 12.8. The summed E-state index contributed by atoms with van der Waals surface area (Å²) in [4.78, 5) is 14.9. The number of thiocarbonyl (C=S) groups is 1. The first-order valence-corrected chi connectivity index (χ1v) is 8.40. The van der Waals surface area contributed by atoms with E-state index in [-0.39, 0.29) is 11.9 Å². The standard InChI is InChI=1S/C14H16ClIN2OS/c15-9-5-6-12(16)11(7-9)14(19)18(8-13(17)20)10-3-1-2-4-10/h5-7,10H,1-4,8H2,(H2,17,20). The van der Waals surface area contributed by atoms with Crippen molar-refractivity contribution >= 4 is 57.3 Å². The Hall–Kier alpha value is -0.400. The number of hydrogen-bond donors (Lipinski definition) is 1. The first-order chi connectivity index (χ1) is 9.49. The van der Waals surface area contributed by atoms with E-state index in [0.29, 0.717) is 22.1 Å². The number of amides is 1. The van der Waals surface area contributed by atoms with Crippen molar-refractivity contribution in [3.05, 3.63) is 32.4 Å². The molecule has 1 aliphatic carbocycles. The van der Waals surface area contributed by atoms with Gasteiger partial charge in [0.25, 0.3) is 5.91 Å². The molecule has 0 unspecified atom stereocenters. The first kappa shape index (κ1) is 16.0. The number of carbonyl (C=O) groups is 1. The summed E-state index contributed by atoms with van der Waals surface area (Å²) in [5.74, 6) is -0.0309. The average molecular weight is 423 g/mol. The number of rotatable bonds is 4. The second kappa shape index (κ2) is 7.04. The molecule has 0 saturated heterocycles. The molecule has 2 rings (SSSR count). The fraction of sp³-hybridized carbons (Fsp3) is 0.429. The molecule has 20 heavy (non-hydrogen) atoms. The highest BCUT2D eigenvalue weighted by atomic mass is 127. The van der Waals surface area contributed by atoms with E-state index in [4.69, 9.17) is 29.6 Å². The third-order valence-electron chi connectivity index (χ3n) is 3.51. The summed E-state index contributed by atoms with van der Waals surface area (Å²) < 4.78 is 0.892. The molecule has 0 aromatic heterocycles. The fourth-order valence-electron chi connectivity index (χ4n) is 2.57. The van der Waals surface area contributed by atoms with E-state index in [1.54, 1.807) is 12.1 Å². The molecule has 1 aliphatic rings. The lowest BCUT2D eigenvalue weighted by Gasteiger charge is -2.29. The van der Waals surface area contributed by atoms with E-state index < -0.39 is 0 Å². The number of benzene rings is 1. The second-order valence-corrected chi connectivity index (χ2v) is 7.08. The molecule has 0 radical (unpaired) electrons. The van der Waals surface area contributed by atoms with Crippen LogP contribution in [0.5, 0.6) is 0 Å². The van der Waals surface area contributed by atoms with Crippen molar-refractivity contribution in [2.75, 3.05) is 6.54 Å². The molecule has 2 N–H and O–H groups in total. The van der Waals surface area contributed by atoms with Crippen molar-refractivity contribution in [3.8, 4) is 0 Å². The van der Waals surface area contributed by atoms with Crippen LogP contribution in [0.2, 0.25) is 5.02 Å². The number of nitrogens with two attached hydrogens (primary N) is 1. The van der Waals surface area contributed by atoms with Crippen molar-refractivity contribution in [2.45, 2.75) is 31.7 Å². The van der Waals surface area contributed by atoms with Gasteiger partial charge in [0.2, 0.25) is 0 Å². The van der Waals surface area contributed by atoms with Gasteiger partial charge in [-0.15, -0.1) is 0 Å². The molecule has 0 spiro atoms. The lowest BCUT2D eigenvalue weighted by molar-refractivity contribution is 0.0713. The van der Waals surface area contributed by atoms with Crippen LogP contribution in [0.1, 0.15) is 36.0 Å². The predicted molar refractivity (Wildman–Crippen MR) is 94.2 cm³/mol. The van der Waals surface area contributed by atoms with E-state index in [0.717, 1.165) is 29.3 Å². The van der Waals surface area contributed by atoms with Crippen LogP contribution in [-0.2, 0) is 0 Å². The molecule has 3 nitrogen and oxygen atoms in total. The molecule has 108 valence electrons. The molecule has 1 fully saturated rings. The minimum absolute atomic E-state index is 0.0309. The Labute approximate surface area is 143 Å². The Kier molecular flexibility index (Phi) is 5.63. The van der Waals surface area contributed by atoms with Gasteiger partial charge in [-0.3, -0.25) is 4.79 Å². The SMILES string of the molecule is NC(=S)CN(C(=O)c1cc(Cl)ccc1I)C1CCCC1. The molecule has 6 heteroatoms. The fourth-order valence-corrected chi connectivity index (χ4v) is 3.44. The van der Waals surface area contributed by atoms with Gasteiger partial charge in [-0.05, 0) is 53.6 Å². The van der Waals surface area contributed by atoms with Crippen LogP contribution >= 0.6 is 46.4 Å². The number of halogens is 2. The smallest absolute Gasteiger partial charge is 0.255 e. The molecule has 0 aliphatic heterocycles. The highest BCUT2D eigenvalue weighted by Crippen LogP contribution is 2.27. The van der Waals surface area contributed by atoms with E-state index in [2.05, 4.69) is 22.6 Å². The third kappa shape index (κ3) is 3.83. The van der Waals surface area contributed by atoms with Gasteiger partial charge in [-0.2, -0.15) is 0 Å². The van der Waals surface area contributed by atoms with Crippen LogP contribution in [0.15, 0.2) is 18.2 Å². The van der Waals surface area contributed by atoms with Gasteiger partial charge >= 0.3 is 0 Å². The molecule has 1 aromatic carbocycles. The zero-order chi connectivity index (χ0) is 14.7. The lowest BCUT2D eigenvalue weighted by atomic mass is 10.1. The zero-order valence-corrected chi connectivity index (χ0v) is 14.7. The normalized spacial score (nSPS) is 15.3. The van der Waals surface area contributed by atoms with Crippen molar-refractivity contribution < 1.29 is 4.79 Å². The number of nitrogens with zero attached hydrogens (tertiary/aromatic N) is 1. The topological polar surface area (TPSA) is 46.3 Å². The zero-order valence-electron chi connectivity index (χ0n) is 10.9. The second-order valence-electron chi connectivity index (χ2n) is 4.96. The number of carbonyl (C=O) groups excluding carboxylic acids is 1. The summed E-state index contributed by atoms with van der Waals surface area (Å²) in [6, 6.07) is 5.59. The van der Waals surface area contributed by atoms with E-state index in [1.807, 2.05) is 11.0 Å². The van der Waals surface area contributed by atoms with E-state index in [1.165, 1.54) is 0 Å². The summed E-state index contributed by atoms with van der Waals surface area (Å²) in [6.07, 6.45) is 4.34. The summed E-state index contributed by atoms with van der Waals surface area (Å²) in [7, 11) is 0. The maximum Gasteiger partial charge on any atom is 0.255 e. The van der Waals surface area contributed by atoms with Crippen LogP contribution in [0, 0.1) is 3.57 Å². The van der Waals surface area contributed by atoms with Crippen LogP contribution < -0.4 is 5.73 Å². The van der Waals surface area contributed by atoms with Crippen LogP contribution in [0.3, 0.4) is 0 Å². The van der Waals surface area contributed by atoms with Crippen molar-refractivity contribution in [2.24, 2.45) is 5.73 Å². The van der Waals surface area contributed by atoms with Crippen LogP contribution in [-0.4, -0.2) is 28.4 Å². The lowest BCUT2D eigenvalue weighted by Crippen LogP contribution is -2.43. The highest BCUT2D eigenvalue weighted by molar-refractivity contribution is 14.1. The van der Waals surface area contributed by atoms with Gasteiger partial charge in [-0.25, -0.2) is 0 Å². The van der Waals surface area contributed by atoms with E-state index >= 15 is 0 Å². The van der Waals surface area contributed by atoms with Gasteiger partial charge < -0.3 is 10.6 Å². The van der Waals surface area contributed by atoms with E-state index in [9.17, 15) is 4.79 Å². The Morgan fingerprint density at radius 2 is 2.10 bits per heavy atom. The molecular weight excluding hydrogens is 407 g/mol. The van der Waals surface area contributed by atoms with Crippen molar-refractivity contribution in [1.82, 2.24) is 4.90 Å². The molecule has 1 amide bonds. The quantitative estimate of drug-likeness (QED) is 0.595. The minimum atomic E-state index is -0.0309. The largest absolute Gasteiger partial charge is 0.392 e.